The van der Waals surface area contributed by atoms with Crippen molar-refractivity contribution in [2.24, 2.45) is 17.6 Å². The molecule has 0 spiro atoms. The van der Waals surface area contributed by atoms with E-state index >= 15 is 0 Å². The van der Waals surface area contributed by atoms with E-state index in [4.69, 9.17) is 33.7 Å². The predicted octanol–water partition coefficient (Wildman–Crippen LogP) is 5.05. The van der Waals surface area contributed by atoms with Crippen LogP contribution in [-0.2, 0) is 20.8 Å². The van der Waals surface area contributed by atoms with Crippen molar-refractivity contribution in [3.8, 4) is 5.75 Å². The van der Waals surface area contributed by atoms with Gasteiger partial charge >= 0.3 is 11.9 Å². The molecule has 5 N–H and O–H groups in total. The number of hydrogen-bond donors (Lipinski definition) is 4. The number of ether oxygens (including phenoxy) is 1. The molecule has 4 aliphatic rings. The van der Waals surface area contributed by atoms with Crippen molar-refractivity contribution in [2.45, 2.75) is 62.9 Å². The molecule has 3 atom stereocenters. The van der Waals surface area contributed by atoms with Gasteiger partial charge in [0.15, 0.2) is 0 Å². The third kappa shape index (κ3) is 6.94. The molecule has 256 valence electrons. The van der Waals surface area contributed by atoms with Crippen molar-refractivity contribution in [3.05, 3.63) is 86.2 Å². The molecule has 1 amide bonds. The zero-order chi connectivity index (χ0) is 34.1. The molecular weight excluding hydrogens is 655 g/mol. The number of piperazine rings is 1. The molecule has 2 aliphatic carbocycles. The third-order valence-corrected chi connectivity index (χ3v) is 11.3. The standard InChI is InChI=1S/C36H42Cl2N4O6/c1-48-29-8-3-2-5-20(29)9-10-27-32(35(44)45)34(31-25(37)6-4-7-26(31)38)33(36(46)47)28(40-27)19-30(43)42-13-11-41(12-14-42)24-17-21-15-23(39)16-22(21)18-24/h2-8,21-24,34,40H,9-19,39H2,1H3,(H,44,45)(H,46,47). The normalized spacial score (nSPS) is 26.0. The number of methoxy groups -OCH3 is 1. The van der Waals surface area contributed by atoms with Gasteiger partial charge in [-0.05, 0) is 74.1 Å². The molecule has 10 nitrogen and oxygen atoms in total. The molecule has 0 radical (unpaired) electrons. The van der Waals surface area contributed by atoms with Crippen molar-refractivity contribution >= 4 is 41.0 Å². The Morgan fingerprint density at radius 2 is 1.46 bits per heavy atom. The summed E-state index contributed by atoms with van der Waals surface area (Å²) in [7, 11) is 1.56. The van der Waals surface area contributed by atoms with Gasteiger partial charge in [-0.1, -0.05) is 47.5 Å². The number of nitrogens with zero attached hydrogens (tertiary/aromatic N) is 2. The van der Waals surface area contributed by atoms with Crippen LogP contribution in [0.4, 0.5) is 0 Å². The number of rotatable bonds is 10. The van der Waals surface area contributed by atoms with Crippen LogP contribution in [-0.4, -0.2) is 83.2 Å². The Bertz CT molecular complexity index is 1620. The van der Waals surface area contributed by atoms with Crippen LogP contribution >= 0.6 is 23.2 Å². The molecule has 3 fully saturated rings. The molecule has 0 aromatic heterocycles. The molecular formula is C36H42Cl2N4O6. The fourth-order valence-corrected chi connectivity index (χ4v) is 9.04. The highest BCUT2D eigenvalue weighted by molar-refractivity contribution is 6.36. The van der Waals surface area contributed by atoms with Crippen LogP contribution in [0.15, 0.2) is 65.0 Å². The molecule has 2 aromatic rings. The second kappa shape index (κ2) is 14.5. The van der Waals surface area contributed by atoms with E-state index in [0.29, 0.717) is 54.9 Å². The van der Waals surface area contributed by atoms with Gasteiger partial charge in [-0.3, -0.25) is 9.69 Å². The van der Waals surface area contributed by atoms with Crippen LogP contribution in [0.3, 0.4) is 0 Å². The number of benzene rings is 2. The summed E-state index contributed by atoms with van der Waals surface area (Å²) in [4.78, 5) is 44.1. The van der Waals surface area contributed by atoms with Crippen molar-refractivity contribution in [1.82, 2.24) is 15.1 Å². The number of amides is 1. The first-order valence-electron chi connectivity index (χ1n) is 16.6. The van der Waals surface area contributed by atoms with Crippen LogP contribution in [0, 0.1) is 11.8 Å². The number of para-hydroxylation sites is 1. The summed E-state index contributed by atoms with van der Waals surface area (Å²) in [6.07, 6.45) is 4.89. The van der Waals surface area contributed by atoms with Crippen LogP contribution in [0.25, 0.3) is 0 Å². The molecule has 2 saturated carbocycles. The Balaban J connectivity index is 1.27. The Morgan fingerprint density at radius 1 is 0.854 bits per heavy atom. The van der Waals surface area contributed by atoms with Crippen LogP contribution < -0.4 is 15.8 Å². The number of carboxylic acid groups (broad SMARTS) is 2. The average molecular weight is 698 g/mol. The van der Waals surface area contributed by atoms with Gasteiger partial charge in [0.2, 0.25) is 5.91 Å². The lowest BCUT2D eigenvalue weighted by molar-refractivity contribution is -0.133. The summed E-state index contributed by atoms with van der Waals surface area (Å²) in [5.74, 6) is -2.16. The van der Waals surface area contributed by atoms with E-state index in [0.717, 1.165) is 44.3 Å². The first-order chi connectivity index (χ1) is 23.0. The van der Waals surface area contributed by atoms with Crippen molar-refractivity contribution < 1.29 is 29.3 Å². The van der Waals surface area contributed by atoms with Crippen LogP contribution in [0.2, 0.25) is 10.0 Å². The van der Waals surface area contributed by atoms with E-state index in [1.165, 1.54) is 0 Å². The van der Waals surface area contributed by atoms with E-state index in [9.17, 15) is 24.6 Å². The highest BCUT2D eigenvalue weighted by Gasteiger charge is 2.44. The Hall–Kier alpha value is -3.57. The van der Waals surface area contributed by atoms with Gasteiger partial charge in [0.05, 0.1) is 30.6 Å². The number of fused-ring (bicyclic) bond motifs is 1. The van der Waals surface area contributed by atoms with E-state index in [2.05, 4.69) is 10.2 Å². The number of dihydropyridines is 1. The largest absolute Gasteiger partial charge is 0.496 e. The summed E-state index contributed by atoms with van der Waals surface area (Å²) >= 11 is 13.2. The monoisotopic (exact) mass is 696 g/mol. The topological polar surface area (TPSA) is 145 Å². The maximum absolute atomic E-state index is 13.8. The number of allylic oxidation sites excluding steroid dienone is 1. The molecule has 1 saturated heterocycles. The number of hydrogen-bond acceptors (Lipinski definition) is 7. The third-order valence-electron chi connectivity index (χ3n) is 10.7. The smallest absolute Gasteiger partial charge is 0.334 e. The average Bonchev–Trinajstić information content (AvgIpc) is 3.61. The first-order valence-corrected chi connectivity index (χ1v) is 17.3. The maximum Gasteiger partial charge on any atom is 0.334 e. The SMILES string of the molecule is COc1ccccc1CCC1=C(C(=O)O)C(c2c(Cl)cccc2Cl)C(C(=O)O)=C(CC(=O)N2CCN(C3CC4CC(N)CC4C3)CC2)N1. The van der Waals surface area contributed by atoms with Crippen molar-refractivity contribution in [1.29, 1.82) is 0 Å². The fraction of sp³-hybridized carbons (Fsp3) is 0.472. The summed E-state index contributed by atoms with van der Waals surface area (Å²) in [5.41, 5.74) is 7.21. The molecule has 2 aliphatic heterocycles. The van der Waals surface area contributed by atoms with Crippen LogP contribution in [0.5, 0.6) is 5.75 Å². The molecule has 2 aromatic carbocycles. The van der Waals surface area contributed by atoms with Crippen molar-refractivity contribution in [3.63, 3.8) is 0 Å². The van der Waals surface area contributed by atoms with E-state index in [1.807, 2.05) is 24.3 Å². The van der Waals surface area contributed by atoms with Crippen molar-refractivity contribution in [2.75, 3.05) is 33.3 Å². The van der Waals surface area contributed by atoms with Gasteiger partial charge in [0.1, 0.15) is 5.75 Å². The maximum atomic E-state index is 13.8. The summed E-state index contributed by atoms with van der Waals surface area (Å²) in [5, 5.41) is 24.5. The number of aliphatic carboxylic acids is 2. The van der Waals surface area contributed by atoms with Gasteiger partial charge in [-0.25, -0.2) is 9.59 Å². The molecule has 48 heavy (non-hydrogen) atoms. The minimum Gasteiger partial charge on any atom is -0.496 e. The minimum atomic E-state index is -1.36. The lowest BCUT2D eigenvalue weighted by Gasteiger charge is -2.39. The second-order valence-electron chi connectivity index (χ2n) is 13.4. The molecule has 12 heteroatoms. The molecule has 6 rings (SSSR count). The number of halogens is 2. The second-order valence-corrected chi connectivity index (χ2v) is 14.2. The lowest BCUT2D eigenvalue weighted by atomic mass is 9.78. The van der Waals surface area contributed by atoms with E-state index < -0.39 is 17.9 Å². The number of nitrogens with one attached hydrogen (secondary N) is 1. The highest BCUT2D eigenvalue weighted by Crippen LogP contribution is 2.47. The van der Waals surface area contributed by atoms with Gasteiger partial charge in [0, 0.05) is 65.3 Å². The zero-order valence-corrected chi connectivity index (χ0v) is 28.5. The Kier molecular flexibility index (Phi) is 10.4. The van der Waals surface area contributed by atoms with Gasteiger partial charge < -0.3 is 30.9 Å². The zero-order valence-electron chi connectivity index (χ0n) is 27.0. The number of carbonyl (C=O) groups is 3. The lowest BCUT2D eigenvalue weighted by Crippen LogP contribution is -2.52. The predicted molar refractivity (Wildman–Crippen MR) is 183 cm³/mol. The molecule has 2 heterocycles. The number of nitrogens with two attached hydrogens (primary N) is 1. The molecule has 3 unspecified atom stereocenters. The van der Waals surface area contributed by atoms with Gasteiger partial charge in [-0.15, -0.1) is 0 Å². The van der Waals surface area contributed by atoms with Gasteiger partial charge in [-0.2, -0.15) is 0 Å². The molecule has 0 bridgehead atoms. The Morgan fingerprint density at radius 3 is 2.06 bits per heavy atom. The van der Waals surface area contributed by atoms with Crippen LogP contribution in [0.1, 0.15) is 55.6 Å². The Labute approximate surface area is 290 Å². The first kappa shape index (κ1) is 34.3. The van der Waals surface area contributed by atoms with Gasteiger partial charge in [0.25, 0.3) is 0 Å². The summed E-state index contributed by atoms with van der Waals surface area (Å²) < 4.78 is 5.50. The summed E-state index contributed by atoms with van der Waals surface area (Å²) in [6.45, 7) is 2.59. The summed E-state index contributed by atoms with van der Waals surface area (Å²) in [6, 6.07) is 13.0. The fourth-order valence-electron chi connectivity index (χ4n) is 8.42. The van der Waals surface area contributed by atoms with E-state index in [1.54, 1.807) is 30.2 Å². The number of carboxylic acids is 2. The number of aryl methyl sites for hydroxylation is 1. The van der Waals surface area contributed by atoms with E-state index in [-0.39, 0.29) is 51.2 Å². The highest BCUT2D eigenvalue weighted by atomic mass is 35.5. The minimum absolute atomic E-state index is 0.135. The quantitative estimate of drug-likeness (QED) is 0.268. The number of carbonyl (C=O) groups excluding carboxylic acids is 1.